The van der Waals surface area contributed by atoms with E-state index in [0.717, 1.165) is 34.3 Å². The van der Waals surface area contributed by atoms with Crippen molar-refractivity contribution < 1.29 is 0 Å². The van der Waals surface area contributed by atoms with E-state index in [1.807, 2.05) is 24.9 Å². The summed E-state index contributed by atoms with van der Waals surface area (Å²) in [7, 11) is 1.87. The Morgan fingerprint density at radius 3 is 3.00 bits per heavy atom. The molecule has 6 nitrogen and oxygen atoms in total. The lowest BCUT2D eigenvalue weighted by atomic mass is 10.2. The number of nitrogen functional groups attached to an aromatic ring is 1. The molecule has 0 spiro atoms. The van der Waals surface area contributed by atoms with Gasteiger partial charge >= 0.3 is 0 Å². The number of fused-ring (bicyclic) bond motifs is 1. The van der Waals surface area contributed by atoms with E-state index in [4.69, 9.17) is 5.84 Å². The number of anilines is 1. The number of thioether (sulfide) groups is 1. The molecule has 17 heavy (non-hydrogen) atoms. The van der Waals surface area contributed by atoms with E-state index in [1.165, 1.54) is 0 Å². The molecule has 3 rings (SSSR count). The van der Waals surface area contributed by atoms with Gasteiger partial charge in [-0.1, -0.05) is 0 Å². The van der Waals surface area contributed by atoms with Crippen molar-refractivity contribution in [3.8, 4) is 11.5 Å². The number of nitrogens with two attached hydrogens (primary N) is 1. The Morgan fingerprint density at radius 2 is 2.29 bits per heavy atom. The average Bonchev–Trinajstić information content (AvgIpc) is 2.95. The van der Waals surface area contributed by atoms with E-state index in [-0.39, 0.29) is 0 Å². The van der Waals surface area contributed by atoms with Gasteiger partial charge in [0.05, 0.1) is 5.69 Å². The van der Waals surface area contributed by atoms with Crippen LogP contribution >= 0.6 is 11.8 Å². The van der Waals surface area contributed by atoms with Crippen LogP contribution in [0, 0.1) is 0 Å². The molecule has 2 aromatic heterocycles. The lowest BCUT2D eigenvalue weighted by molar-refractivity contribution is 0.769. The van der Waals surface area contributed by atoms with E-state index in [1.54, 1.807) is 10.9 Å². The van der Waals surface area contributed by atoms with Crippen LogP contribution in [-0.2, 0) is 18.6 Å². The highest BCUT2D eigenvalue weighted by Gasteiger charge is 2.20. The van der Waals surface area contributed by atoms with Crippen LogP contribution < -0.4 is 11.3 Å². The molecule has 0 fully saturated rings. The van der Waals surface area contributed by atoms with Gasteiger partial charge in [0.2, 0.25) is 0 Å². The molecule has 0 bridgehead atoms. The van der Waals surface area contributed by atoms with Crippen LogP contribution in [0.2, 0.25) is 0 Å². The summed E-state index contributed by atoms with van der Waals surface area (Å²) in [5, 5.41) is 4.12. The first-order valence-corrected chi connectivity index (χ1v) is 6.37. The monoisotopic (exact) mass is 248 g/mol. The lowest BCUT2D eigenvalue weighted by Crippen LogP contribution is -2.13. The number of hydrogen-bond acceptors (Lipinski definition) is 6. The van der Waals surface area contributed by atoms with Gasteiger partial charge in [-0.05, 0) is 6.07 Å². The molecular formula is C10H12N6S. The topological polar surface area (TPSA) is 81.7 Å². The summed E-state index contributed by atoms with van der Waals surface area (Å²) in [5.74, 6) is 8.73. The molecule has 0 aromatic carbocycles. The van der Waals surface area contributed by atoms with Gasteiger partial charge in [-0.15, -0.1) is 0 Å². The van der Waals surface area contributed by atoms with Gasteiger partial charge in [-0.2, -0.15) is 16.9 Å². The molecular weight excluding hydrogens is 236 g/mol. The third kappa shape index (κ3) is 1.67. The maximum Gasteiger partial charge on any atom is 0.180 e. The SMILES string of the molecule is Cn1nccc1-c1nc2c(c(NN)n1)CSC2. The number of hydrogen-bond donors (Lipinski definition) is 2. The number of aromatic nitrogens is 4. The Bertz CT molecular complexity index is 564. The average molecular weight is 248 g/mol. The van der Waals surface area contributed by atoms with Crippen molar-refractivity contribution in [2.45, 2.75) is 11.5 Å². The summed E-state index contributed by atoms with van der Waals surface area (Å²) in [6.07, 6.45) is 1.73. The zero-order chi connectivity index (χ0) is 11.8. The highest BCUT2D eigenvalue weighted by molar-refractivity contribution is 7.98. The first kappa shape index (κ1) is 10.5. The molecule has 3 heterocycles. The van der Waals surface area contributed by atoms with E-state index in [2.05, 4.69) is 20.5 Å². The first-order valence-electron chi connectivity index (χ1n) is 5.22. The first-order chi connectivity index (χ1) is 8.29. The molecule has 0 aliphatic carbocycles. The Kier molecular flexibility index (Phi) is 2.49. The third-order valence-corrected chi connectivity index (χ3v) is 3.74. The second kappa shape index (κ2) is 4.01. The highest BCUT2D eigenvalue weighted by atomic mass is 32.2. The van der Waals surface area contributed by atoms with Crippen LogP contribution in [0.5, 0.6) is 0 Å². The third-order valence-electron chi connectivity index (χ3n) is 2.76. The van der Waals surface area contributed by atoms with Gasteiger partial charge in [-0.3, -0.25) is 4.68 Å². The molecule has 2 aromatic rings. The normalized spacial score (nSPS) is 13.8. The minimum absolute atomic E-state index is 0.666. The molecule has 0 saturated heterocycles. The molecule has 0 amide bonds. The van der Waals surface area contributed by atoms with Gasteiger partial charge in [-0.25, -0.2) is 15.8 Å². The maximum atomic E-state index is 5.51. The molecule has 88 valence electrons. The molecule has 0 unspecified atom stereocenters. The second-order valence-electron chi connectivity index (χ2n) is 3.80. The fourth-order valence-corrected chi connectivity index (χ4v) is 2.92. The zero-order valence-electron chi connectivity index (χ0n) is 9.34. The Morgan fingerprint density at radius 1 is 1.41 bits per heavy atom. The molecule has 0 radical (unpaired) electrons. The largest absolute Gasteiger partial charge is 0.308 e. The second-order valence-corrected chi connectivity index (χ2v) is 4.78. The van der Waals surface area contributed by atoms with Crippen molar-refractivity contribution in [2.75, 3.05) is 5.43 Å². The lowest BCUT2D eigenvalue weighted by Gasteiger charge is -2.08. The number of hydrazine groups is 1. The number of nitrogens with one attached hydrogen (secondary N) is 1. The van der Waals surface area contributed by atoms with E-state index >= 15 is 0 Å². The predicted octanol–water partition coefficient (Wildman–Crippen LogP) is 0.909. The van der Waals surface area contributed by atoms with Crippen molar-refractivity contribution in [1.82, 2.24) is 19.7 Å². The molecule has 0 atom stereocenters. The van der Waals surface area contributed by atoms with Gasteiger partial charge in [0, 0.05) is 30.3 Å². The Labute approximate surface area is 103 Å². The van der Waals surface area contributed by atoms with E-state index in [0.29, 0.717) is 5.82 Å². The number of rotatable bonds is 2. The fraction of sp³-hybridized carbons (Fsp3) is 0.300. The van der Waals surface area contributed by atoms with Gasteiger partial charge < -0.3 is 5.43 Å². The van der Waals surface area contributed by atoms with Crippen molar-refractivity contribution >= 4 is 17.6 Å². The standard InChI is InChI=1S/C10H12N6S/c1-16-8(2-3-12-16)10-13-7-5-17-4-6(7)9(14-10)15-11/h2-3H,4-5,11H2,1H3,(H,13,14,15). The summed E-state index contributed by atoms with van der Waals surface area (Å²) in [5.41, 5.74) is 5.72. The molecule has 3 N–H and O–H groups in total. The van der Waals surface area contributed by atoms with Gasteiger partial charge in [0.15, 0.2) is 5.82 Å². The summed E-state index contributed by atoms with van der Waals surface area (Å²) in [6.45, 7) is 0. The minimum atomic E-state index is 0.666. The maximum absolute atomic E-state index is 5.51. The van der Waals surface area contributed by atoms with Crippen LogP contribution in [0.1, 0.15) is 11.3 Å². The zero-order valence-corrected chi connectivity index (χ0v) is 10.2. The quantitative estimate of drug-likeness (QED) is 0.607. The Hall–Kier alpha value is -1.60. The van der Waals surface area contributed by atoms with E-state index in [9.17, 15) is 0 Å². The van der Waals surface area contributed by atoms with Crippen LogP contribution in [0.3, 0.4) is 0 Å². The molecule has 7 heteroatoms. The van der Waals surface area contributed by atoms with Gasteiger partial charge in [0.25, 0.3) is 0 Å². The fourth-order valence-electron chi connectivity index (χ4n) is 1.88. The molecule has 1 aliphatic heterocycles. The molecule has 1 aliphatic rings. The summed E-state index contributed by atoms with van der Waals surface area (Å²) >= 11 is 1.82. The molecule has 0 saturated carbocycles. The number of aryl methyl sites for hydroxylation is 1. The van der Waals surface area contributed by atoms with E-state index < -0.39 is 0 Å². The summed E-state index contributed by atoms with van der Waals surface area (Å²) < 4.78 is 1.75. The number of nitrogens with zero attached hydrogens (tertiary/aromatic N) is 4. The van der Waals surface area contributed by atoms with Crippen LogP contribution in [0.4, 0.5) is 5.82 Å². The van der Waals surface area contributed by atoms with Crippen molar-refractivity contribution in [3.05, 3.63) is 23.5 Å². The van der Waals surface area contributed by atoms with Crippen molar-refractivity contribution in [1.29, 1.82) is 0 Å². The van der Waals surface area contributed by atoms with Crippen LogP contribution in [0.15, 0.2) is 12.3 Å². The predicted molar refractivity (Wildman–Crippen MR) is 67.0 cm³/mol. The summed E-state index contributed by atoms with van der Waals surface area (Å²) in [6, 6.07) is 1.89. The smallest absolute Gasteiger partial charge is 0.180 e. The van der Waals surface area contributed by atoms with Crippen molar-refractivity contribution in [2.24, 2.45) is 12.9 Å². The van der Waals surface area contributed by atoms with Crippen LogP contribution in [-0.4, -0.2) is 19.7 Å². The van der Waals surface area contributed by atoms with Crippen LogP contribution in [0.25, 0.3) is 11.5 Å². The van der Waals surface area contributed by atoms with Crippen molar-refractivity contribution in [3.63, 3.8) is 0 Å². The summed E-state index contributed by atoms with van der Waals surface area (Å²) in [4.78, 5) is 9.02. The van der Waals surface area contributed by atoms with Gasteiger partial charge in [0.1, 0.15) is 11.5 Å². The minimum Gasteiger partial charge on any atom is -0.308 e. The highest BCUT2D eigenvalue weighted by Crippen LogP contribution is 2.33. The Balaban J connectivity index is 2.16.